The number of alkyl halides is 2. The van der Waals surface area contributed by atoms with Crippen LogP contribution in [0.4, 0.5) is 0 Å². The summed E-state index contributed by atoms with van der Waals surface area (Å²) < 4.78 is 5.88. The molecule has 1 amide bonds. The van der Waals surface area contributed by atoms with Crippen LogP contribution >= 0.6 is 23.2 Å². The van der Waals surface area contributed by atoms with Crippen molar-refractivity contribution in [2.75, 3.05) is 6.54 Å². The Labute approximate surface area is 165 Å². The highest BCUT2D eigenvalue weighted by Gasteiger charge is 2.60. The molecule has 3 unspecified atom stereocenters. The number of aliphatic carboxylic acids is 1. The van der Waals surface area contributed by atoms with E-state index in [4.69, 9.17) is 33.0 Å². The predicted molar refractivity (Wildman–Crippen MR) is 99.6 cm³/mol. The van der Waals surface area contributed by atoms with Crippen LogP contribution in [0.15, 0.2) is 30.0 Å². The molecule has 2 rings (SSSR count). The number of nitrogens with zero attached hydrogens (tertiary/aromatic N) is 1. The van der Waals surface area contributed by atoms with Gasteiger partial charge in [0.2, 0.25) is 11.3 Å². The number of carboxylic acid groups (broad SMARTS) is 1. The molecule has 1 aliphatic rings. The topological polar surface area (TPSA) is 119 Å². The van der Waals surface area contributed by atoms with E-state index in [1.807, 2.05) is 0 Å². The fraction of sp³-hybridized carbons (Fsp3) is 0.412. The number of allylic oxidation sites excluding steroid dienone is 1. The van der Waals surface area contributed by atoms with E-state index in [1.165, 1.54) is 6.08 Å². The number of carbonyl (C=O) groups is 2. The number of ether oxygens (including phenoxy) is 1. The molecule has 0 aliphatic heterocycles. The average Bonchev–Trinajstić information content (AvgIpc) is 2.63. The van der Waals surface area contributed by atoms with E-state index in [9.17, 15) is 19.7 Å². The summed E-state index contributed by atoms with van der Waals surface area (Å²) in [5, 5.41) is 20.7. The van der Waals surface area contributed by atoms with Gasteiger partial charge in [0, 0.05) is 24.5 Å². The van der Waals surface area contributed by atoms with E-state index in [0.29, 0.717) is 5.56 Å². The average molecular weight is 417 g/mol. The van der Waals surface area contributed by atoms with Crippen LogP contribution in [0, 0.1) is 10.1 Å². The van der Waals surface area contributed by atoms with E-state index in [0.717, 1.165) is 0 Å². The highest BCUT2D eigenvalue weighted by Crippen LogP contribution is 2.45. The van der Waals surface area contributed by atoms with E-state index in [1.54, 1.807) is 31.2 Å². The van der Waals surface area contributed by atoms with E-state index in [-0.39, 0.29) is 24.3 Å². The molecule has 0 heterocycles. The second kappa shape index (κ2) is 8.58. The van der Waals surface area contributed by atoms with Crippen molar-refractivity contribution in [3.8, 4) is 5.75 Å². The molecule has 146 valence electrons. The minimum Gasteiger partial charge on any atom is -0.480 e. The van der Waals surface area contributed by atoms with Crippen molar-refractivity contribution < 1.29 is 24.4 Å². The molecule has 1 aliphatic carbocycles. The van der Waals surface area contributed by atoms with Gasteiger partial charge in [-0.05, 0) is 6.07 Å². The first kappa shape index (κ1) is 21.0. The summed E-state index contributed by atoms with van der Waals surface area (Å²) in [5.74, 6) is -1.70. The first-order valence-corrected chi connectivity index (χ1v) is 8.99. The van der Waals surface area contributed by atoms with Gasteiger partial charge in [-0.15, -0.1) is 23.2 Å². The summed E-state index contributed by atoms with van der Waals surface area (Å²) in [6.45, 7) is 1.06. The zero-order valence-electron chi connectivity index (χ0n) is 14.4. The lowest BCUT2D eigenvalue weighted by Gasteiger charge is -2.47. The minimum absolute atomic E-state index is 0.0262. The van der Waals surface area contributed by atoms with Crippen LogP contribution in [0.2, 0.25) is 0 Å². The van der Waals surface area contributed by atoms with Gasteiger partial charge in [0.05, 0.1) is 15.7 Å². The third-order valence-corrected chi connectivity index (χ3v) is 5.37. The van der Waals surface area contributed by atoms with Crippen molar-refractivity contribution in [3.63, 3.8) is 0 Å². The lowest BCUT2D eigenvalue weighted by atomic mass is 9.77. The van der Waals surface area contributed by atoms with Gasteiger partial charge in [0.25, 0.3) is 5.91 Å². The van der Waals surface area contributed by atoms with Gasteiger partial charge in [0.1, 0.15) is 12.3 Å². The lowest BCUT2D eigenvalue weighted by molar-refractivity contribution is -0.425. The third-order valence-electron chi connectivity index (χ3n) is 4.18. The first-order valence-electron chi connectivity index (χ1n) is 8.12. The summed E-state index contributed by atoms with van der Waals surface area (Å²) in [7, 11) is 0. The largest absolute Gasteiger partial charge is 0.480 e. The van der Waals surface area contributed by atoms with Crippen LogP contribution in [-0.4, -0.2) is 44.8 Å². The smallest absolute Gasteiger partial charge is 0.322 e. The quantitative estimate of drug-likeness (QED) is 0.381. The molecule has 3 atom stereocenters. The zero-order chi connectivity index (χ0) is 20.2. The highest BCUT2D eigenvalue weighted by molar-refractivity contribution is 6.34. The number of nitrogens with one attached hydrogen (secondary N) is 1. The minimum atomic E-state index is -1.56. The molecule has 1 fully saturated rings. The molecule has 0 aromatic heterocycles. The number of hydrogen-bond donors (Lipinski definition) is 2. The standard InChI is InChI=1S/C17H18Cl2N2O6/c1-2-11(21(25)26)7-10-5-3-4-6-13(10)27-17(8-12(18)15(17)19)16(24)20-9-14(22)23/h3-7,12,15H,2,8-9H2,1H3,(H,20,24)(H,22,23). The molecule has 8 nitrogen and oxygen atoms in total. The number of benzene rings is 1. The number of amides is 1. The molecule has 1 aromatic carbocycles. The van der Waals surface area contributed by atoms with Crippen molar-refractivity contribution in [2.45, 2.75) is 36.1 Å². The Hall–Kier alpha value is -2.32. The molecule has 1 aromatic rings. The van der Waals surface area contributed by atoms with Crippen LogP contribution in [0.3, 0.4) is 0 Å². The van der Waals surface area contributed by atoms with Crippen molar-refractivity contribution in [1.29, 1.82) is 0 Å². The molecule has 0 bridgehead atoms. The van der Waals surface area contributed by atoms with Gasteiger partial charge >= 0.3 is 5.97 Å². The fourth-order valence-corrected chi connectivity index (χ4v) is 3.41. The van der Waals surface area contributed by atoms with Crippen molar-refractivity contribution in [3.05, 3.63) is 45.6 Å². The molecular formula is C17H18Cl2N2O6. The Balaban J connectivity index is 2.36. The molecule has 1 saturated carbocycles. The maximum atomic E-state index is 12.5. The molecule has 10 heteroatoms. The number of carbonyl (C=O) groups excluding carboxylic acids is 1. The Morgan fingerprint density at radius 1 is 1.44 bits per heavy atom. The maximum Gasteiger partial charge on any atom is 0.322 e. The fourth-order valence-electron chi connectivity index (χ4n) is 2.66. The van der Waals surface area contributed by atoms with E-state index in [2.05, 4.69) is 5.32 Å². The first-order chi connectivity index (χ1) is 12.7. The number of carboxylic acids is 1. The number of hydrogen-bond acceptors (Lipinski definition) is 5. The Bertz CT molecular complexity index is 784. The molecule has 27 heavy (non-hydrogen) atoms. The van der Waals surface area contributed by atoms with Crippen molar-refractivity contribution >= 4 is 41.2 Å². The monoisotopic (exact) mass is 416 g/mol. The Morgan fingerprint density at radius 3 is 2.63 bits per heavy atom. The maximum absolute atomic E-state index is 12.5. The number of nitro groups is 1. The third kappa shape index (κ3) is 4.51. The molecule has 0 radical (unpaired) electrons. The molecule has 0 spiro atoms. The number of rotatable bonds is 8. The predicted octanol–water partition coefficient (Wildman–Crippen LogP) is 2.65. The van der Waals surface area contributed by atoms with Crippen LogP contribution < -0.4 is 10.1 Å². The summed E-state index contributed by atoms with van der Waals surface area (Å²) >= 11 is 12.3. The summed E-state index contributed by atoms with van der Waals surface area (Å²) in [6, 6.07) is 6.48. The van der Waals surface area contributed by atoms with Gasteiger partial charge < -0.3 is 15.2 Å². The SMILES string of the molecule is CCC(=Cc1ccccc1OC1(C(=O)NCC(=O)O)CC(Cl)C1Cl)[N+](=O)[O-]. The van der Waals surface area contributed by atoms with Crippen LogP contribution in [0.1, 0.15) is 25.3 Å². The van der Waals surface area contributed by atoms with Gasteiger partial charge in [-0.2, -0.15) is 0 Å². The second-order valence-electron chi connectivity index (χ2n) is 5.97. The second-order valence-corrected chi connectivity index (χ2v) is 7.00. The summed E-state index contributed by atoms with van der Waals surface area (Å²) in [5.41, 5.74) is -1.19. The molecular weight excluding hydrogens is 399 g/mol. The van der Waals surface area contributed by atoms with Crippen LogP contribution in [0.25, 0.3) is 6.08 Å². The molecule has 2 N–H and O–H groups in total. The van der Waals surface area contributed by atoms with Crippen molar-refractivity contribution in [2.24, 2.45) is 0 Å². The Morgan fingerprint density at radius 2 is 2.11 bits per heavy atom. The lowest BCUT2D eigenvalue weighted by Crippen LogP contribution is -2.68. The summed E-state index contributed by atoms with van der Waals surface area (Å²) in [4.78, 5) is 33.9. The van der Waals surface area contributed by atoms with Crippen LogP contribution in [-0.2, 0) is 9.59 Å². The number of para-hydroxylation sites is 1. The van der Waals surface area contributed by atoms with Gasteiger partial charge in [-0.3, -0.25) is 19.7 Å². The zero-order valence-corrected chi connectivity index (χ0v) is 15.9. The van der Waals surface area contributed by atoms with Crippen LogP contribution in [0.5, 0.6) is 5.75 Å². The number of halogens is 2. The van der Waals surface area contributed by atoms with Gasteiger partial charge in [-0.25, -0.2) is 0 Å². The molecule has 0 saturated heterocycles. The Kier molecular flexibility index (Phi) is 6.67. The van der Waals surface area contributed by atoms with E-state index >= 15 is 0 Å². The van der Waals surface area contributed by atoms with Gasteiger partial charge in [-0.1, -0.05) is 25.1 Å². The van der Waals surface area contributed by atoms with Gasteiger partial charge in [0.15, 0.2) is 0 Å². The highest BCUT2D eigenvalue weighted by atomic mass is 35.5. The van der Waals surface area contributed by atoms with Crippen molar-refractivity contribution in [1.82, 2.24) is 5.32 Å². The summed E-state index contributed by atoms with van der Waals surface area (Å²) in [6.07, 6.45) is 1.63. The normalized spacial score (nSPS) is 24.6. The van der Waals surface area contributed by atoms with E-state index < -0.39 is 39.7 Å².